The minimum absolute atomic E-state index is 0.347. The van der Waals surface area contributed by atoms with E-state index >= 15 is 0 Å². The molecule has 2 rings (SSSR count). The highest BCUT2D eigenvalue weighted by Gasteiger charge is 2.40. The molecule has 76 valence electrons. The molecule has 1 fully saturated rings. The Labute approximate surface area is 85.5 Å². The number of para-hydroxylation sites is 1. The molecule has 3 N–H and O–H groups in total. The van der Waals surface area contributed by atoms with Gasteiger partial charge in [0.2, 0.25) is 0 Å². The molecule has 2 heteroatoms. The molecule has 0 atom stereocenters. The third kappa shape index (κ3) is 1.57. The van der Waals surface area contributed by atoms with E-state index in [1.54, 1.807) is 0 Å². The summed E-state index contributed by atoms with van der Waals surface area (Å²) in [5.41, 5.74) is 9.53. The lowest BCUT2D eigenvalue weighted by molar-refractivity contribution is 0.701. The Bertz CT molecular complexity index is 320. The number of hydrogen-bond acceptors (Lipinski definition) is 2. The van der Waals surface area contributed by atoms with Gasteiger partial charge in [-0.1, -0.05) is 19.1 Å². The fraction of sp³-hybridized carbons (Fsp3) is 0.500. The van der Waals surface area contributed by atoms with Gasteiger partial charge in [0.25, 0.3) is 0 Å². The lowest BCUT2D eigenvalue weighted by Crippen LogP contribution is -2.21. The first-order valence-corrected chi connectivity index (χ1v) is 5.30. The van der Waals surface area contributed by atoms with Crippen LogP contribution in [-0.4, -0.2) is 5.54 Å². The molecule has 0 spiro atoms. The standard InChI is InChI=1S/C12H18N2/c1-3-12(7-8-12)14-11-9(2)5-4-6-10(11)13/h4-6,14H,3,7-8,13H2,1-2H3. The Balaban J connectivity index is 2.24. The van der Waals surface area contributed by atoms with Crippen molar-refractivity contribution in [1.29, 1.82) is 0 Å². The largest absolute Gasteiger partial charge is 0.397 e. The Hall–Kier alpha value is -1.18. The summed E-state index contributed by atoms with van der Waals surface area (Å²) >= 11 is 0. The first-order chi connectivity index (χ1) is 6.67. The zero-order valence-electron chi connectivity index (χ0n) is 8.93. The summed E-state index contributed by atoms with van der Waals surface area (Å²) in [5, 5.41) is 3.59. The molecule has 0 unspecified atom stereocenters. The maximum Gasteiger partial charge on any atom is 0.0607 e. The van der Waals surface area contributed by atoms with Crippen LogP contribution in [0.1, 0.15) is 31.7 Å². The van der Waals surface area contributed by atoms with Gasteiger partial charge in [0, 0.05) is 5.54 Å². The predicted molar refractivity (Wildman–Crippen MR) is 61.5 cm³/mol. The van der Waals surface area contributed by atoms with Gasteiger partial charge in [-0.15, -0.1) is 0 Å². The van der Waals surface area contributed by atoms with Crippen molar-refractivity contribution in [3.8, 4) is 0 Å². The lowest BCUT2D eigenvalue weighted by Gasteiger charge is -2.20. The Morgan fingerprint density at radius 1 is 1.43 bits per heavy atom. The second-order valence-corrected chi connectivity index (χ2v) is 4.30. The zero-order chi connectivity index (χ0) is 10.2. The number of nitrogens with two attached hydrogens (primary N) is 1. The van der Waals surface area contributed by atoms with E-state index in [9.17, 15) is 0 Å². The maximum absolute atomic E-state index is 5.95. The molecule has 0 aromatic heterocycles. The maximum atomic E-state index is 5.95. The van der Waals surface area contributed by atoms with E-state index in [1.807, 2.05) is 12.1 Å². The lowest BCUT2D eigenvalue weighted by atomic mass is 10.1. The van der Waals surface area contributed by atoms with Gasteiger partial charge >= 0.3 is 0 Å². The number of anilines is 2. The number of nitrogens with one attached hydrogen (secondary N) is 1. The van der Waals surface area contributed by atoms with Crippen LogP contribution in [0, 0.1) is 6.92 Å². The van der Waals surface area contributed by atoms with E-state index in [0.29, 0.717) is 5.54 Å². The third-order valence-electron chi connectivity index (χ3n) is 3.23. The SMILES string of the molecule is CCC1(Nc2c(C)cccc2N)CC1. The van der Waals surface area contributed by atoms with Crippen molar-refractivity contribution >= 4 is 11.4 Å². The second kappa shape index (κ2) is 3.19. The molecule has 0 amide bonds. The highest BCUT2D eigenvalue weighted by atomic mass is 15.0. The molecule has 2 nitrogen and oxygen atoms in total. The second-order valence-electron chi connectivity index (χ2n) is 4.30. The topological polar surface area (TPSA) is 38.0 Å². The summed E-state index contributed by atoms with van der Waals surface area (Å²) in [6, 6.07) is 6.06. The summed E-state index contributed by atoms with van der Waals surface area (Å²) in [6.07, 6.45) is 3.73. The van der Waals surface area contributed by atoms with E-state index in [2.05, 4.69) is 25.2 Å². The van der Waals surface area contributed by atoms with E-state index < -0.39 is 0 Å². The molecule has 1 saturated carbocycles. The van der Waals surface area contributed by atoms with E-state index in [4.69, 9.17) is 5.73 Å². The van der Waals surface area contributed by atoms with Gasteiger partial charge in [-0.25, -0.2) is 0 Å². The van der Waals surface area contributed by atoms with E-state index in [1.165, 1.54) is 24.8 Å². The monoisotopic (exact) mass is 190 g/mol. The van der Waals surface area contributed by atoms with Crippen LogP contribution in [0.2, 0.25) is 0 Å². The number of rotatable bonds is 3. The van der Waals surface area contributed by atoms with Crippen molar-refractivity contribution in [2.45, 2.75) is 38.6 Å². The molecule has 0 saturated heterocycles. The quantitative estimate of drug-likeness (QED) is 0.719. The van der Waals surface area contributed by atoms with Gasteiger partial charge < -0.3 is 11.1 Å². The van der Waals surface area contributed by atoms with Gasteiger partial charge in [-0.2, -0.15) is 0 Å². The average Bonchev–Trinajstić information content (AvgIpc) is 2.93. The first-order valence-electron chi connectivity index (χ1n) is 5.30. The molecule has 14 heavy (non-hydrogen) atoms. The van der Waals surface area contributed by atoms with Crippen molar-refractivity contribution in [2.24, 2.45) is 0 Å². The fourth-order valence-corrected chi connectivity index (χ4v) is 1.84. The van der Waals surface area contributed by atoms with Crippen molar-refractivity contribution in [3.63, 3.8) is 0 Å². The van der Waals surface area contributed by atoms with Gasteiger partial charge in [0.15, 0.2) is 0 Å². The van der Waals surface area contributed by atoms with Gasteiger partial charge in [0.1, 0.15) is 0 Å². The average molecular weight is 190 g/mol. The highest BCUT2D eigenvalue weighted by molar-refractivity contribution is 5.71. The molecule has 1 aliphatic rings. The number of hydrogen-bond donors (Lipinski definition) is 2. The first kappa shape index (κ1) is 9.38. The summed E-state index contributed by atoms with van der Waals surface area (Å²) in [5.74, 6) is 0. The molecular weight excluding hydrogens is 172 g/mol. The fourth-order valence-electron chi connectivity index (χ4n) is 1.84. The molecule has 0 aliphatic heterocycles. The molecule has 0 bridgehead atoms. The van der Waals surface area contributed by atoms with Gasteiger partial charge in [-0.05, 0) is 37.8 Å². The summed E-state index contributed by atoms with van der Waals surface area (Å²) in [4.78, 5) is 0. The van der Waals surface area contributed by atoms with Gasteiger partial charge in [0.05, 0.1) is 11.4 Å². The van der Waals surface area contributed by atoms with Crippen molar-refractivity contribution in [2.75, 3.05) is 11.1 Å². The molecule has 1 aromatic rings. The summed E-state index contributed by atoms with van der Waals surface area (Å²) in [6.45, 7) is 4.33. The normalized spacial score (nSPS) is 17.9. The Kier molecular flexibility index (Phi) is 2.14. The number of benzene rings is 1. The number of nitrogen functional groups attached to an aromatic ring is 1. The summed E-state index contributed by atoms with van der Waals surface area (Å²) < 4.78 is 0. The Morgan fingerprint density at radius 3 is 2.64 bits per heavy atom. The zero-order valence-corrected chi connectivity index (χ0v) is 8.93. The van der Waals surface area contributed by atoms with E-state index in [-0.39, 0.29) is 0 Å². The smallest absolute Gasteiger partial charge is 0.0607 e. The van der Waals surface area contributed by atoms with Crippen molar-refractivity contribution < 1.29 is 0 Å². The number of aryl methyl sites for hydroxylation is 1. The minimum atomic E-state index is 0.347. The van der Waals surface area contributed by atoms with Crippen LogP contribution in [-0.2, 0) is 0 Å². The van der Waals surface area contributed by atoms with Crippen LogP contribution >= 0.6 is 0 Å². The minimum Gasteiger partial charge on any atom is -0.397 e. The van der Waals surface area contributed by atoms with Crippen LogP contribution in [0.15, 0.2) is 18.2 Å². The van der Waals surface area contributed by atoms with Gasteiger partial charge in [-0.3, -0.25) is 0 Å². The van der Waals surface area contributed by atoms with Crippen molar-refractivity contribution in [1.82, 2.24) is 0 Å². The Morgan fingerprint density at radius 2 is 2.14 bits per heavy atom. The van der Waals surface area contributed by atoms with Crippen LogP contribution in [0.25, 0.3) is 0 Å². The van der Waals surface area contributed by atoms with Crippen LogP contribution in [0.4, 0.5) is 11.4 Å². The molecular formula is C12H18N2. The molecule has 1 aliphatic carbocycles. The molecule has 1 aromatic carbocycles. The summed E-state index contributed by atoms with van der Waals surface area (Å²) in [7, 11) is 0. The highest BCUT2D eigenvalue weighted by Crippen LogP contribution is 2.43. The van der Waals surface area contributed by atoms with Crippen molar-refractivity contribution in [3.05, 3.63) is 23.8 Å². The predicted octanol–water partition coefficient (Wildman–Crippen LogP) is 2.93. The third-order valence-corrected chi connectivity index (χ3v) is 3.23. The van der Waals surface area contributed by atoms with E-state index in [0.717, 1.165) is 11.4 Å². The molecule has 0 radical (unpaired) electrons. The van der Waals surface area contributed by atoms with Crippen LogP contribution in [0.5, 0.6) is 0 Å². The van der Waals surface area contributed by atoms with Crippen LogP contribution in [0.3, 0.4) is 0 Å². The van der Waals surface area contributed by atoms with Crippen LogP contribution < -0.4 is 11.1 Å². The molecule has 0 heterocycles.